The van der Waals surface area contributed by atoms with Crippen LogP contribution in [0.25, 0.3) is 0 Å². The van der Waals surface area contributed by atoms with Gasteiger partial charge in [-0.3, -0.25) is 10.1 Å². The molecule has 0 bridgehead atoms. The molecule has 1 atom stereocenters. The zero-order chi connectivity index (χ0) is 11.2. The number of benzene rings is 1. The second-order valence-electron chi connectivity index (χ2n) is 4.95. The van der Waals surface area contributed by atoms with Crippen LogP contribution in [0.1, 0.15) is 25.3 Å². The fourth-order valence-corrected chi connectivity index (χ4v) is 2.24. The van der Waals surface area contributed by atoms with Crippen molar-refractivity contribution in [2.45, 2.75) is 25.3 Å². The van der Waals surface area contributed by atoms with Crippen LogP contribution < -0.4 is 10.6 Å². The SMILES string of the molecule is CC1(NCC2CC2)C(=O)Nc2ccccc21. The van der Waals surface area contributed by atoms with Gasteiger partial charge in [0, 0.05) is 11.3 Å². The van der Waals surface area contributed by atoms with Crippen LogP contribution in [0.15, 0.2) is 24.3 Å². The molecule has 1 unspecified atom stereocenters. The van der Waals surface area contributed by atoms with Gasteiger partial charge in [-0.25, -0.2) is 0 Å². The average Bonchev–Trinajstić information content (AvgIpc) is 3.07. The lowest BCUT2D eigenvalue weighted by atomic mass is 9.93. The Hall–Kier alpha value is -1.35. The van der Waals surface area contributed by atoms with Gasteiger partial charge in [0.1, 0.15) is 5.54 Å². The Kier molecular flexibility index (Phi) is 2.04. The lowest BCUT2D eigenvalue weighted by Gasteiger charge is -2.23. The minimum atomic E-state index is -0.542. The fraction of sp³-hybridized carbons (Fsp3) is 0.462. The van der Waals surface area contributed by atoms with Crippen LogP contribution >= 0.6 is 0 Å². The molecule has 2 N–H and O–H groups in total. The Labute approximate surface area is 95.2 Å². The minimum Gasteiger partial charge on any atom is -0.324 e. The Morgan fingerprint density at radius 1 is 1.44 bits per heavy atom. The van der Waals surface area contributed by atoms with Crippen LogP contribution in [-0.4, -0.2) is 12.5 Å². The molecule has 1 fully saturated rings. The summed E-state index contributed by atoms with van der Waals surface area (Å²) in [5, 5.41) is 6.34. The van der Waals surface area contributed by atoms with E-state index in [1.54, 1.807) is 0 Å². The van der Waals surface area contributed by atoms with Crippen molar-refractivity contribution in [3.8, 4) is 0 Å². The number of hydrogen-bond donors (Lipinski definition) is 2. The molecule has 0 spiro atoms. The molecule has 0 radical (unpaired) electrons. The van der Waals surface area contributed by atoms with Crippen molar-refractivity contribution in [3.63, 3.8) is 0 Å². The highest BCUT2D eigenvalue weighted by Gasteiger charge is 2.42. The van der Waals surface area contributed by atoms with E-state index in [2.05, 4.69) is 10.6 Å². The Morgan fingerprint density at radius 2 is 2.19 bits per heavy atom. The lowest BCUT2D eigenvalue weighted by molar-refractivity contribution is -0.121. The number of rotatable bonds is 3. The number of carbonyl (C=O) groups excluding carboxylic acids is 1. The summed E-state index contributed by atoms with van der Waals surface area (Å²) in [4.78, 5) is 12.0. The van der Waals surface area contributed by atoms with Crippen LogP contribution in [0.3, 0.4) is 0 Å². The summed E-state index contributed by atoms with van der Waals surface area (Å²) in [6.07, 6.45) is 2.60. The number of amides is 1. The number of fused-ring (bicyclic) bond motifs is 1. The molecule has 3 heteroatoms. The van der Waals surface area contributed by atoms with E-state index < -0.39 is 5.54 Å². The van der Waals surface area contributed by atoms with E-state index in [0.29, 0.717) is 0 Å². The smallest absolute Gasteiger partial charge is 0.249 e. The van der Waals surface area contributed by atoms with Crippen molar-refractivity contribution in [3.05, 3.63) is 29.8 Å². The van der Waals surface area contributed by atoms with E-state index in [1.165, 1.54) is 12.8 Å². The van der Waals surface area contributed by atoms with Gasteiger partial charge >= 0.3 is 0 Å². The van der Waals surface area contributed by atoms with Gasteiger partial charge in [0.2, 0.25) is 5.91 Å². The third-order valence-electron chi connectivity index (χ3n) is 3.61. The molecule has 3 nitrogen and oxygen atoms in total. The Balaban J connectivity index is 1.89. The molecule has 0 saturated heterocycles. The number of nitrogens with one attached hydrogen (secondary N) is 2. The summed E-state index contributed by atoms with van der Waals surface area (Å²) >= 11 is 0. The van der Waals surface area contributed by atoms with Crippen molar-refractivity contribution >= 4 is 11.6 Å². The topological polar surface area (TPSA) is 41.1 Å². The monoisotopic (exact) mass is 216 g/mol. The molecule has 1 aromatic rings. The predicted octanol–water partition coefficient (Wildman–Crippen LogP) is 1.85. The number of hydrogen-bond acceptors (Lipinski definition) is 2. The first kappa shape index (κ1) is 9.85. The zero-order valence-electron chi connectivity index (χ0n) is 9.42. The summed E-state index contributed by atoms with van der Waals surface area (Å²) in [7, 11) is 0. The van der Waals surface area contributed by atoms with Crippen molar-refractivity contribution in [1.82, 2.24) is 5.32 Å². The molecular weight excluding hydrogens is 200 g/mol. The molecule has 1 aromatic carbocycles. The highest BCUT2D eigenvalue weighted by molar-refractivity contribution is 6.05. The van der Waals surface area contributed by atoms with E-state index in [-0.39, 0.29) is 5.91 Å². The molecule has 2 aliphatic rings. The lowest BCUT2D eigenvalue weighted by Crippen LogP contribution is -2.46. The van der Waals surface area contributed by atoms with Gasteiger partial charge in [-0.1, -0.05) is 18.2 Å². The van der Waals surface area contributed by atoms with Crippen molar-refractivity contribution < 1.29 is 4.79 Å². The first-order valence-electron chi connectivity index (χ1n) is 5.86. The van der Waals surface area contributed by atoms with Crippen LogP contribution in [0.2, 0.25) is 0 Å². The predicted molar refractivity (Wildman–Crippen MR) is 63.2 cm³/mol. The van der Waals surface area contributed by atoms with E-state index in [4.69, 9.17) is 0 Å². The van der Waals surface area contributed by atoms with E-state index >= 15 is 0 Å². The molecular formula is C13H16N2O. The molecule has 1 amide bonds. The van der Waals surface area contributed by atoms with E-state index in [9.17, 15) is 4.79 Å². The number of carbonyl (C=O) groups is 1. The molecule has 1 aliphatic carbocycles. The van der Waals surface area contributed by atoms with E-state index in [0.717, 1.165) is 23.7 Å². The maximum absolute atomic E-state index is 12.0. The van der Waals surface area contributed by atoms with Gasteiger partial charge in [0.05, 0.1) is 0 Å². The quantitative estimate of drug-likeness (QED) is 0.809. The highest BCUT2D eigenvalue weighted by atomic mass is 16.2. The largest absolute Gasteiger partial charge is 0.324 e. The maximum atomic E-state index is 12.0. The van der Waals surface area contributed by atoms with Crippen LogP contribution in [-0.2, 0) is 10.3 Å². The van der Waals surface area contributed by atoms with Gasteiger partial charge in [0.25, 0.3) is 0 Å². The van der Waals surface area contributed by atoms with Crippen molar-refractivity contribution in [2.75, 3.05) is 11.9 Å². The van der Waals surface area contributed by atoms with Gasteiger partial charge in [0.15, 0.2) is 0 Å². The third-order valence-corrected chi connectivity index (χ3v) is 3.61. The van der Waals surface area contributed by atoms with Crippen LogP contribution in [0.4, 0.5) is 5.69 Å². The normalized spacial score (nSPS) is 27.7. The number of para-hydroxylation sites is 1. The summed E-state index contributed by atoms with van der Waals surface area (Å²) in [5.74, 6) is 0.840. The van der Waals surface area contributed by atoms with Gasteiger partial charge in [-0.05, 0) is 38.3 Å². The molecule has 84 valence electrons. The molecule has 1 saturated carbocycles. The van der Waals surface area contributed by atoms with E-state index in [1.807, 2.05) is 31.2 Å². The maximum Gasteiger partial charge on any atom is 0.249 e. The fourth-order valence-electron chi connectivity index (χ4n) is 2.24. The van der Waals surface area contributed by atoms with Gasteiger partial charge in [-0.2, -0.15) is 0 Å². The second-order valence-corrected chi connectivity index (χ2v) is 4.95. The van der Waals surface area contributed by atoms with Gasteiger partial charge < -0.3 is 5.32 Å². The standard InChI is InChI=1S/C13H16N2O/c1-13(14-8-9-6-7-9)10-4-2-3-5-11(10)15-12(13)16/h2-5,9,14H,6-8H2,1H3,(H,15,16). The third kappa shape index (κ3) is 1.43. The van der Waals surface area contributed by atoms with Crippen LogP contribution in [0, 0.1) is 5.92 Å². The Bertz CT molecular complexity index is 439. The Morgan fingerprint density at radius 3 is 2.94 bits per heavy atom. The van der Waals surface area contributed by atoms with Crippen molar-refractivity contribution in [1.29, 1.82) is 0 Å². The first-order chi connectivity index (χ1) is 7.70. The molecule has 0 aromatic heterocycles. The summed E-state index contributed by atoms with van der Waals surface area (Å²) in [6, 6.07) is 7.91. The second kappa shape index (κ2) is 3.32. The van der Waals surface area contributed by atoms with Gasteiger partial charge in [-0.15, -0.1) is 0 Å². The highest BCUT2D eigenvalue weighted by Crippen LogP contribution is 2.36. The molecule has 16 heavy (non-hydrogen) atoms. The zero-order valence-corrected chi connectivity index (χ0v) is 9.42. The summed E-state index contributed by atoms with van der Waals surface area (Å²) in [5.41, 5.74) is 1.47. The molecule has 1 heterocycles. The summed E-state index contributed by atoms with van der Waals surface area (Å²) in [6.45, 7) is 2.91. The van der Waals surface area contributed by atoms with Crippen molar-refractivity contribution in [2.24, 2.45) is 5.92 Å². The number of anilines is 1. The first-order valence-corrected chi connectivity index (χ1v) is 5.86. The average molecular weight is 216 g/mol. The summed E-state index contributed by atoms with van der Waals surface area (Å²) < 4.78 is 0. The molecule has 1 aliphatic heterocycles. The molecule has 3 rings (SSSR count). The van der Waals surface area contributed by atoms with Crippen LogP contribution in [0.5, 0.6) is 0 Å². The minimum absolute atomic E-state index is 0.0642.